The molecule has 0 aliphatic rings. The molecular formula is C13H12F2N2O2. The molecule has 100 valence electrons. The second-order valence-electron chi connectivity index (χ2n) is 3.98. The zero-order valence-electron chi connectivity index (χ0n) is 9.95. The van der Waals surface area contributed by atoms with Crippen LogP contribution in [0, 0.1) is 11.6 Å². The fourth-order valence-corrected chi connectivity index (χ4v) is 1.62. The first kappa shape index (κ1) is 13.1. The van der Waals surface area contributed by atoms with Gasteiger partial charge in [0.2, 0.25) is 5.91 Å². The van der Waals surface area contributed by atoms with E-state index < -0.39 is 17.5 Å². The second kappa shape index (κ2) is 5.51. The van der Waals surface area contributed by atoms with Gasteiger partial charge in [-0.05, 0) is 18.2 Å². The van der Waals surface area contributed by atoms with E-state index >= 15 is 0 Å². The fourth-order valence-electron chi connectivity index (χ4n) is 1.62. The molecule has 1 aromatic carbocycles. The van der Waals surface area contributed by atoms with Gasteiger partial charge >= 0.3 is 0 Å². The maximum atomic E-state index is 13.4. The predicted octanol–water partition coefficient (Wildman–Crippen LogP) is 2.71. The molecule has 0 atom stereocenters. The second-order valence-corrected chi connectivity index (χ2v) is 3.98. The van der Waals surface area contributed by atoms with E-state index in [2.05, 4.69) is 5.32 Å². The quantitative estimate of drug-likeness (QED) is 0.836. The Morgan fingerprint density at radius 1 is 1.37 bits per heavy atom. The summed E-state index contributed by atoms with van der Waals surface area (Å²) in [4.78, 5) is 11.6. The van der Waals surface area contributed by atoms with Crippen LogP contribution in [0.25, 0.3) is 0 Å². The molecule has 0 bridgehead atoms. The van der Waals surface area contributed by atoms with Gasteiger partial charge in [-0.2, -0.15) is 0 Å². The molecule has 19 heavy (non-hydrogen) atoms. The third-order valence-corrected chi connectivity index (χ3v) is 2.53. The molecule has 0 fully saturated rings. The summed E-state index contributed by atoms with van der Waals surface area (Å²) in [7, 11) is 0. The molecule has 2 rings (SSSR count). The number of furan rings is 1. The van der Waals surface area contributed by atoms with Gasteiger partial charge < -0.3 is 15.5 Å². The summed E-state index contributed by atoms with van der Waals surface area (Å²) in [5.41, 5.74) is 5.10. The predicted molar refractivity (Wildman–Crippen MR) is 66.4 cm³/mol. The molecule has 1 amide bonds. The van der Waals surface area contributed by atoms with Crippen molar-refractivity contribution in [2.24, 2.45) is 0 Å². The zero-order valence-corrected chi connectivity index (χ0v) is 9.95. The van der Waals surface area contributed by atoms with E-state index in [1.807, 2.05) is 0 Å². The van der Waals surface area contributed by atoms with E-state index in [0.717, 1.165) is 6.07 Å². The smallest absolute Gasteiger partial charge is 0.224 e. The molecule has 3 N–H and O–H groups in total. The molecule has 0 unspecified atom stereocenters. The minimum atomic E-state index is -0.899. The number of nitrogen functional groups attached to an aromatic ring is 1. The summed E-state index contributed by atoms with van der Waals surface area (Å²) in [6, 6.07) is 5.06. The van der Waals surface area contributed by atoms with Crippen molar-refractivity contribution in [2.45, 2.75) is 12.8 Å². The molecule has 0 aliphatic carbocycles. The van der Waals surface area contributed by atoms with Gasteiger partial charge in [-0.1, -0.05) is 0 Å². The van der Waals surface area contributed by atoms with E-state index in [4.69, 9.17) is 10.2 Å². The Kier molecular flexibility index (Phi) is 3.79. The molecule has 2 aromatic rings. The lowest BCUT2D eigenvalue weighted by molar-refractivity contribution is -0.116. The van der Waals surface area contributed by atoms with Crippen LogP contribution in [-0.4, -0.2) is 5.91 Å². The summed E-state index contributed by atoms with van der Waals surface area (Å²) < 4.78 is 31.3. The zero-order chi connectivity index (χ0) is 13.8. The number of aryl methyl sites for hydroxylation is 1. The molecule has 0 saturated heterocycles. The average Bonchev–Trinajstić information content (AvgIpc) is 2.84. The highest BCUT2D eigenvalue weighted by Gasteiger charge is 2.12. The summed E-state index contributed by atoms with van der Waals surface area (Å²) in [6.07, 6.45) is 2.01. The van der Waals surface area contributed by atoms with Crippen LogP contribution < -0.4 is 11.1 Å². The van der Waals surface area contributed by atoms with Crippen molar-refractivity contribution in [2.75, 3.05) is 11.1 Å². The van der Waals surface area contributed by atoms with Gasteiger partial charge in [0.05, 0.1) is 12.0 Å². The summed E-state index contributed by atoms with van der Waals surface area (Å²) >= 11 is 0. The van der Waals surface area contributed by atoms with Crippen molar-refractivity contribution in [1.29, 1.82) is 0 Å². The van der Waals surface area contributed by atoms with Crippen LogP contribution in [0.3, 0.4) is 0 Å². The molecular weight excluding hydrogens is 254 g/mol. The van der Waals surface area contributed by atoms with E-state index in [1.165, 1.54) is 6.26 Å². The number of nitrogens with one attached hydrogen (secondary N) is 1. The number of hydrogen-bond acceptors (Lipinski definition) is 3. The number of carbonyl (C=O) groups is 1. The van der Waals surface area contributed by atoms with Crippen LogP contribution in [0.4, 0.5) is 20.2 Å². The van der Waals surface area contributed by atoms with Gasteiger partial charge in [0.25, 0.3) is 0 Å². The largest absolute Gasteiger partial charge is 0.469 e. The number of halogens is 2. The molecule has 0 aliphatic heterocycles. The number of benzene rings is 1. The monoisotopic (exact) mass is 266 g/mol. The van der Waals surface area contributed by atoms with Crippen LogP contribution in [-0.2, 0) is 11.2 Å². The van der Waals surface area contributed by atoms with Gasteiger partial charge in [0.1, 0.15) is 17.3 Å². The van der Waals surface area contributed by atoms with Crippen LogP contribution in [0.2, 0.25) is 0 Å². The van der Waals surface area contributed by atoms with E-state index in [0.29, 0.717) is 18.2 Å². The normalized spacial score (nSPS) is 10.4. The average molecular weight is 266 g/mol. The third-order valence-electron chi connectivity index (χ3n) is 2.53. The highest BCUT2D eigenvalue weighted by molar-refractivity contribution is 5.94. The van der Waals surface area contributed by atoms with E-state index in [-0.39, 0.29) is 17.8 Å². The lowest BCUT2D eigenvalue weighted by Crippen LogP contribution is -2.15. The SMILES string of the molecule is Nc1cc(F)cc(F)c1NC(=O)CCc1ccco1. The first-order chi connectivity index (χ1) is 9.06. The maximum Gasteiger partial charge on any atom is 0.224 e. The lowest BCUT2D eigenvalue weighted by Gasteiger charge is -2.09. The molecule has 1 heterocycles. The Morgan fingerprint density at radius 2 is 2.16 bits per heavy atom. The number of amides is 1. The Bertz CT molecular complexity index is 559. The van der Waals surface area contributed by atoms with Crippen molar-refractivity contribution >= 4 is 17.3 Å². The summed E-state index contributed by atoms with van der Waals surface area (Å²) in [6.45, 7) is 0. The highest BCUT2D eigenvalue weighted by atomic mass is 19.1. The highest BCUT2D eigenvalue weighted by Crippen LogP contribution is 2.24. The van der Waals surface area contributed by atoms with Crippen LogP contribution in [0.5, 0.6) is 0 Å². The van der Waals surface area contributed by atoms with Crippen molar-refractivity contribution in [3.63, 3.8) is 0 Å². The van der Waals surface area contributed by atoms with Gasteiger partial charge in [-0.15, -0.1) is 0 Å². The Balaban J connectivity index is 1.99. The first-order valence-corrected chi connectivity index (χ1v) is 5.63. The summed E-state index contributed by atoms with van der Waals surface area (Å²) in [5, 5.41) is 2.32. The van der Waals surface area contributed by atoms with Gasteiger partial charge in [-0.25, -0.2) is 8.78 Å². The Labute approximate surface area is 108 Å². The first-order valence-electron chi connectivity index (χ1n) is 5.63. The maximum absolute atomic E-state index is 13.4. The van der Waals surface area contributed by atoms with Crippen LogP contribution in [0.15, 0.2) is 34.9 Å². The Morgan fingerprint density at radius 3 is 2.79 bits per heavy atom. The van der Waals surface area contributed by atoms with E-state index in [9.17, 15) is 13.6 Å². The van der Waals surface area contributed by atoms with Crippen LogP contribution in [0.1, 0.15) is 12.2 Å². The molecule has 0 radical (unpaired) electrons. The number of carbonyl (C=O) groups excluding carboxylic acids is 1. The molecule has 6 heteroatoms. The number of rotatable bonds is 4. The van der Waals surface area contributed by atoms with Crippen molar-refractivity contribution in [1.82, 2.24) is 0 Å². The van der Waals surface area contributed by atoms with Gasteiger partial charge in [0.15, 0.2) is 5.82 Å². The lowest BCUT2D eigenvalue weighted by atomic mass is 10.2. The van der Waals surface area contributed by atoms with E-state index in [1.54, 1.807) is 12.1 Å². The summed E-state index contributed by atoms with van der Waals surface area (Å²) in [5.74, 6) is -1.45. The molecule has 1 aromatic heterocycles. The standard InChI is InChI=1S/C13H12F2N2O2/c14-8-6-10(15)13(11(16)7-8)17-12(18)4-3-9-2-1-5-19-9/h1-2,5-7H,3-4,16H2,(H,17,18). The van der Waals surface area contributed by atoms with Crippen LogP contribution >= 0.6 is 0 Å². The van der Waals surface area contributed by atoms with Gasteiger partial charge in [-0.3, -0.25) is 4.79 Å². The van der Waals surface area contributed by atoms with Crippen molar-refractivity contribution in [3.05, 3.63) is 47.9 Å². The fraction of sp³-hybridized carbons (Fsp3) is 0.154. The number of hydrogen-bond donors (Lipinski definition) is 2. The third kappa shape index (κ3) is 3.31. The topological polar surface area (TPSA) is 68.3 Å². The Hall–Kier alpha value is -2.37. The molecule has 4 nitrogen and oxygen atoms in total. The van der Waals surface area contributed by atoms with Gasteiger partial charge in [0, 0.05) is 18.9 Å². The minimum Gasteiger partial charge on any atom is -0.469 e. The molecule has 0 saturated carbocycles. The van der Waals surface area contributed by atoms with Crippen molar-refractivity contribution < 1.29 is 18.0 Å². The number of nitrogens with two attached hydrogens (primary N) is 1. The number of anilines is 2. The minimum absolute atomic E-state index is 0.115. The molecule has 0 spiro atoms. The van der Waals surface area contributed by atoms with Crippen molar-refractivity contribution in [3.8, 4) is 0 Å².